The molecule has 16 heavy (non-hydrogen) atoms. The molecule has 0 atom stereocenters. The summed E-state index contributed by atoms with van der Waals surface area (Å²) < 4.78 is 6.01. The number of nitrogens with zero attached hydrogens (tertiary/aromatic N) is 2. The Morgan fingerprint density at radius 2 is 1.88 bits per heavy atom. The van der Waals surface area contributed by atoms with Crippen molar-refractivity contribution in [2.75, 3.05) is 0 Å². The number of hydrogen-bond donors (Lipinski definition) is 0. The van der Waals surface area contributed by atoms with Gasteiger partial charge in [-0.25, -0.2) is 0 Å². The largest absolute Gasteiger partial charge is 0.411 e. The first-order valence-corrected chi connectivity index (χ1v) is 8.63. The van der Waals surface area contributed by atoms with Gasteiger partial charge in [0.15, 0.2) is 13.5 Å². The fourth-order valence-corrected chi connectivity index (χ4v) is 1.93. The summed E-state index contributed by atoms with van der Waals surface area (Å²) in [6.07, 6.45) is 0. The van der Waals surface area contributed by atoms with Gasteiger partial charge in [0.1, 0.15) is 0 Å². The SMILES string of the molecule is CC(C)(C)[Si](C)(C)OCc1ccc(Cl)nn1. The normalized spacial score (nSPS) is 12.9. The van der Waals surface area contributed by atoms with E-state index in [0.29, 0.717) is 11.8 Å². The van der Waals surface area contributed by atoms with Gasteiger partial charge in [-0.05, 0) is 30.3 Å². The van der Waals surface area contributed by atoms with Gasteiger partial charge in [-0.15, -0.1) is 5.10 Å². The van der Waals surface area contributed by atoms with Gasteiger partial charge in [-0.1, -0.05) is 32.4 Å². The molecule has 0 N–H and O–H groups in total. The molecule has 0 unspecified atom stereocenters. The van der Waals surface area contributed by atoms with E-state index in [1.54, 1.807) is 6.07 Å². The Hall–Kier alpha value is -0.453. The van der Waals surface area contributed by atoms with E-state index >= 15 is 0 Å². The zero-order valence-corrected chi connectivity index (χ0v) is 12.3. The minimum absolute atomic E-state index is 0.215. The van der Waals surface area contributed by atoms with E-state index in [-0.39, 0.29) is 5.04 Å². The summed E-state index contributed by atoms with van der Waals surface area (Å²) in [5.74, 6) is 0. The molecule has 1 aromatic rings. The molecule has 1 heterocycles. The minimum atomic E-state index is -1.70. The molecule has 5 heteroatoms. The molecular formula is C11H19ClN2OSi. The number of hydrogen-bond acceptors (Lipinski definition) is 3. The molecule has 0 aliphatic rings. The Bertz CT molecular complexity index is 346. The molecule has 0 saturated carbocycles. The van der Waals surface area contributed by atoms with E-state index in [0.717, 1.165) is 5.69 Å². The van der Waals surface area contributed by atoms with Crippen LogP contribution in [0.15, 0.2) is 12.1 Å². The van der Waals surface area contributed by atoms with E-state index in [1.807, 2.05) is 6.07 Å². The Morgan fingerprint density at radius 3 is 2.31 bits per heavy atom. The van der Waals surface area contributed by atoms with Crippen molar-refractivity contribution < 1.29 is 4.43 Å². The fraction of sp³-hybridized carbons (Fsp3) is 0.636. The average Bonchev–Trinajstić information content (AvgIpc) is 2.15. The van der Waals surface area contributed by atoms with Crippen LogP contribution >= 0.6 is 11.6 Å². The second kappa shape index (κ2) is 4.81. The Morgan fingerprint density at radius 1 is 1.25 bits per heavy atom. The van der Waals surface area contributed by atoms with Gasteiger partial charge in [-0.2, -0.15) is 5.10 Å². The topological polar surface area (TPSA) is 35.0 Å². The van der Waals surface area contributed by atoms with Crippen molar-refractivity contribution in [1.29, 1.82) is 0 Å². The van der Waals surface area contributed by atoms with Gasteiger partial charge in [0.2, 0.25) is 0 Å². The van der Waals surface area contributed by atoms with Gasteiger partial charge >= 0.3 is 0 Å². The fourth-order valence-electron chi connectivity index (χ4n) is 0.891. The maximum Gasteiger partial charge on any atom is 0.192 e. The van der Waals surface area contributed by atoms with Crippen molar-refractivity contribution in [2.24, 2.45) is 0 Å². The van der Waals surface area contributed by atoms with Gasteiger partial charge in [0.25, 0.3) is 0 Å². The van der Waals surface area contributed by atoms with E-state index in [1.165, 1.54) is 0 Å². The predicted octanol–water partition coefficient (Wildman–Crippen LogP) is 3.65. The van der Waals surface area contributed by atoms with Crippen LogP contribution in [0.4, 0.5) is 0 Å². The molecule has 0 aliphatic heterocycles. The van der Waals surface area contributed by atoms with Crippen LogP contribution in [0, 0.1) is 0 Å². The quantitative estimate of drug-likeness (QED) is 0.777. The summed E-state index contributed by atoms with van der Waals surface area (Å²) in [4.78, 5) is 0. The number of halogens is 1. The maximum atomic E-state index is 6.01. The molecule has 0 fully saturated rings. The lowest BCUT2D eigenvalue weighted by molar-refractivity contribution is 0.271. The molecule has 1 rings (SSSR count). The standard InChI is InChI=1S/C11H19ClN2OSi/c1-11(2,3)16(4,5)15-8-9-6-7-10(12)14-13-9/h6-7H,8H2,1-5H3. The van der Waals surface area contributed by atoms with E-state index < -0.39 is 8.32 Å². The highest BCUT2D eigenvalue weighted by Gasteiger charge is 2.37. The molecule has 90 valence electrons. The summed E-state index contributed by atoms with van der Waals surface area (Å²) in [5.41, 5.74) is 0.828. The minimum Gasteiger partial charge on any atom is -0.411 e. The maximum absolute atomic E-state index is 6.01. The molecule has 1 aromatic heterocycles. The van der Waals surface area contributed by atoms with Crippen molar-refractivity contribution in [3.8, 4) is 0 Å². The molecule has 0 amide bonds. The van der Waals surface area contributed by atoms with Gasteiger partial charge in [-0.3, -0.25) is 0 Å². The number of rotatable bonds is 3. The first-order valence-electron chi connectivity index (χ1n) is 5.34. The zero-order chi connectivity index (χ0) is 12.4. The van der Waals surface area contributed by atoms with Crippen molar-refractivity contribution in [2.45, 2.75) is 45.5 Å². The second-order valence-corrected chi connectivity index (χ2v) is 10.6. The van der Waals surface area contributed by atoms with E-state index in [4.69, 9.17) is 16.0 Å². The van der Waals surface area contributed by atoms with Crippen LogP contribution in [0.3, 0.4) is 0 Å². The highest BCUT2D eigenvalue weighted by Crippen LogP contribution is 2.36. The van der Waals surface area contributed by atoms with Crippen molar-refractivity contribution in [1.82, 2.24) is 10.2 Å². The zero-order valence-electron chi connectivity index (χ0n) is 10.5. The van der Waals surface area contributed by atoms with Gasteiger partial charge in [0.05, 0.1) is 12.3 Å². The summed E-state index contributed by atoms with van der Waals surface area (Å²) in [5, 5.41) is 8.40. The van der Waals surface area contributed by atoms with Crippen LogP contribution < -0.4 is 0 Å². The van der Waals surface area contributed by atoms with Crippen molar-refractivity contribution in [3.63, 3.8) is 0 Å². The summed E-state index contributed by atoms with van der Waals surface area (Å²) in [7, 11) is -1.70. The highest BCUT2D eigenvalue weighted by atomic mass is 35.5. The monoisotopic (exact) mass is 258 g/mol. The Balaban J connectivity index is 2.61. The van der Waals surface area contributed by atoms with Gasteiger partial charge < -0.3 is 4.43 Å². The van der Waals surface area contributed by atoms with Crippen LogP contribution in [0.5, 0.6) is 0 Å². The van der Waals surface area contributed by atoms with Gasteiger partial charge in [0, 0.05) is 0 Å². The van der Waals surface area contributed by atoms with Crippen LogP contribution in [0.25, 0.3) is 0 Å². The molecule has 0 spiro atoms. The molecule has 0 bridgehead atoms. The lowest BCUT2D eigenvalue weighted by Crippen LogP contribution is -2.40. The van der Waals surface area contributed by atoms with Crippen molar-refractivity contribution in [3.05, 3.63) is 23.0 Å². The molecule has 0 saturated heterocycles. The smallest absolute Gasteiger partial charge is 0.192 e. The number of aromatic nitrogens is 2. The van der Waals surface area contributed by atoms with Crippen molar-refractivity contribution >= 4 is 19.9 Å². The summed E-state index contributed by atoms with van der Waals surface area (Å²) >= 11 is 5.67. The predicted molar refractivity (Wildman–Crippen MR) is 69.0 cm³/mol. The van der Waals surface area contributed by atoms with Crippen LogP contribution in [-0.2, 0) is 11.0 Å². The van der Waals surface area contributed by atoms with E-state index in [2.05, 4.69) is 44.1 Å². The molecule has 0 radical (unpaired) electrons. The average molecular weight is 259 g/mol. The third-order valence-corrected chi connectivity index (χ3v) is 7.75. The molecule has 0 aromatic carbocycles. The molecule has 0 aliphatic carbocycles. The first kappa shape index (κ1) is 13.6. The second-order valence-electron chi connectivity index (χ2n) is 5.40. The Kier molecular flexibility index (Phi) is 4.10. The molecule has 3 nitrogen and oxygen atoms in total. The summed E-state index contributed by atoms with van der Waals surface area (Å²) in [6, 6.07) is 3.58. The summed E-state index contributed by atoms with van der Waals surface area (Å²) in [6.45, 7) is 11.6. The lowest BCUT2D eigenvalue weighted by atomic mass is 10.2. The first-order chi connectivity index (χ1) is 7.22. The third kappa shape index (κ3) is 3.54. The lowest BCUT2D eigenvalue weighted by Gasteiger charge is -2.35. The Labute approximate surface area is 103 Å². The third-order valence-electron chi connectivity index (χ3n) is 3.07. The van der Waals surface area contributed by atoms with E-state index in [9.17, 15) is 0 Å². The highest BCUT2D eigenvalue weighted by molar-refractivity contribution is 6.74. The van der Waals surface area contributed by atoms with Crippen LogP contribution in [0.2, 0.25) is 23.3 Å². The van der Waals surface area contributed by atoms with Crippen LogP contribution in [0.1, 0.15) is 26.5 Å². The molecular weight excluding hydrogens is 240 g/mol. The van der Waals surface area contributed by atoms with Crippen LogP contribution in [-0.4, -0.2) is 18.5 Å².